The number of rotatable bonds is 5. The monoisotopic (exact) mass is 337 g/mol. The summed E-state index contributed by atoms with van der Waals surface area (Å²) in [6.45, 7) is 6.20. The van der Waals surface area contributed by atoms with Gasteiger partial charge in [0.15, 0.2) is 5.79 Å². The summed E-state index contributed by atoms with van der Waals surface area (Å²) in [6.07, 6.45) is 3.51. The van der Waals surface area contributed by atoms with Crippen LogP contribution in [0.25, 0.3) is 0 Å². The Balaban J connectivity index is 1.42. The van der Waals surface area contributed by atoms with Crippen molar-refractivity contribution in [2.45, 2.75) is 57.9 Å². The third-order valence-electron chi connectivity index (χ3n) is 4.95. The number of nitrogens with zero attached hydrogens (tertiary/aromatic N) is 2. The Kier molecular flexibility index (Phi) is 5.22. The van der Waals surface area contributed by atoms with E-state index in [2.05, 4.69) is 10.5 Å². The first-order valence-corrected chi connectivity index (χ1v) is 8.65. The quantitative estimate of drug-likeness (QED) is 0.878. The van der Waals surface area contributed by atoms with Gasteiger partial charge in [-0.15, -0.1) is 0 Å². The van der Waals surface area contributed by atoms with Gasteiger partial charge in [0, 0.05) is 31.0 Å². The number of carbonyl (C=O) groups excluding carboxylic acids is 1. The predicted molar refractivity (Wildman–Crippen MR) is 87.3 cm³/mol. The molecule has 0 aromatic carbocycles. The van der Waals surface area contributed by atoms with Crippen molar-refractivity contribution >= 4 is 5.91 Å². The van der Waals surface area contributed by atoms with Crippen LogP contribution in [0.4, 0.5) is 0 Å². The van der Waals surface area contributed by atoms with Crippen LogP contribution in [0, 0.1) is 13.8 Å². The van der Waals surface area contributed by atoms with Crippen LogP contribution < -0.4 is 5.32 Å². The molecule has 1 aromatic rings. The van der Waals surface area contributed by atoms with Gasteiger partial charge >= 0.3 is 0 Å². The molecule has 1 spiro atoms. The zero-order valence-electron chi connectivity index (χ0n) is 14.8. The third-order valence-corrected chi connectivity index (χ3v) is 4.95. The fraction of sp³-hybridized carbons (Fsp3) is 0.765. The summed E-state index contributed by atoms with van der Waals surface area (Å²) in [5.74, 6) is 0.494. The lowest BCUT2D eigenvalue weighted by atomic mass is 9.90. The number of ether oxygens (including phenoxy) is 2. The molecule has 1 saturated heterocycles. The molecule has 0 radical (unpaired) electrons. The highest BCUT2D eigenvalue weighted by Gasteiger charge is 2.40. The molecule has 0 atom stereocenters. The first-order valence-electron chi connectivity index (χ1n) is 8.65. The van der Waals surface area contributed by atoms with Gasteiger partial charge in [0.1, 0.15) is 5.76 Å². The van der Waals surface area contributed by atoms with E-state index in [1.54, 1.807) is 0 Å². The minimum absolute atomic E-state index is 0.0541. The van der Waals surface area contributed by atoms with E-state index in [9.17, 15) is 4.79 Å². The molecule has 24 heavy (non-hydrogen) atoms. The molecular formula is C17H27N3O4. The second kappa shape index (κ2) is 7.21. The molecule has 1 aromatic heterocycles. The van der Waals surface area contributed by atoms with Crippen LogP contribution in [0.15, 0.2) is 4.52 Å². The van der Waals surface area contributed by atoms with Gasteiger partial charge in [0.25, 0.3) is 0 Å². The van der Waals surface area contributed by atoms with Crippen LogP contribution in [-0.2, 0) is 20.8 Å². The van der Waals surface area contributed by atoms with Crippen molar-refractivity contribution in [1.29, 1.82) is 0 Å². The smallest absolute Gasteiger partial charge is 0.234 e. The minimum Gasteiger partial charge on any atom is -0.361 e. The van der Waals surface area contributed by atoms with Gasteiger partial charge < -0.3 is 19.3 Å². The second-order valence-corrected chi connectivity index (χ2v) is 6.92. The third kappa shape index (κ3) is 3.96. The van der Waals surface area contributed by atoms with E-state index in [0.717, 1.165) is 42.7 Å². The number of amides is 1. The van der Waals surface area contributed by atoms with E-state index in [1.807, 2.05) is 25.8 Å². The summed E-state index contributed by atoms with van der Waals surface area (Å²) < 4.78 is 16.6. The van der Waals surface area contributed by atoms with Crippen LogP contribution in [0.2, 0.25) is 0 Å². The molecule has 2 fully saturated rings. The number of hydrogen-bond acceptors (Lipinski definition) is 6. The fourth-order valence-electron chi connectivity index (χ4n) is 3.56. The highest BCUT2D eigenvalue weighted by atomic mass is 16.7. The Labute approximate surface area is 142 Å². The van der Waals surface area contributed by atoms with E-state index in [-0.39, 0.29) is 17.7 Å². The zero-order valence-corrected chi connectivity index (χ0v) is 14.8. The van der Waals surface area contributed by atoms with E-state index in [4.69, 9.17) is 14.0 Å². The van der Waals surface area contributed by atoms with Crippen molar-refractivity contribution in [3.05, 3.63) is 17.0 Å². The van der Waals surface area contributed by atoms with Crippen molar-refractivity contribution in [3.63, 3.8) is 0 Å². The molecule has 0 unspecified atom stereocenters. The van der Waals surface area contributed by atoms with Crippen molar-refractivity contribution < 1.29 is 18.8 Å². The highest BCUT2D eigenvalue weighted by Crippen LogP contribution is 2.35. The van der Waals surface area contributed by atoms with Crippen molar-refractivity contribution in [1.82, 2.24) is 15.4 Å². The molecule has 2 aliphatic rings. The summed E-state index contributed by atoms with van der Waals surface area (Å²) in [4.78, 5) is 14.3. The zero-order chi connectivity index (χ0) is 17.2. The van der Waals surface area contributed by atoms with Gasteiger partial charge in [0.05, 0.1) is 25.5 Å². The average Bonchev–Trinajstić information content (AvgIpc) is 3.12. The van der Waals surface area contributed by atoms with Crippen LogP contribution in [0.1, 0.15) is 42.7 Å². The number of carbonyl (C=O) groups is 1. The van der Waals surface area contributed by atoms with Gasteiger partial charge in [-0.1, -0.05) is 5.16 Å². The van der Waals surface area contributed by atoms with Gasteiger partial charge in [-0.2, -0.15) is 0 Å². The Morgan fingerprint density at radius 3 is 2.54 bits per heavy atom. The molecule has 1 aliphatic carbocycles. The lowest BCUT2D eigenvalue weighted by Crippen LogP contribution is -2.46. The molecule has 7 heteroatoms. The molecule has 2 heterocycles. The van der Waals surface area contributed by atoms with Crippen molar-refractivity contribution in [3.8, 4) is 0 Å². The Morgan fingerprint density at radius 1 is 1.29 bits per heavy atom. The lowest BCUT2D eigenvalue weighted by Gasteiger charge is -2.35. The Bertz CT molecular complexity index is 551. The average molecular weight is 337 g/mol. The van der Waals surface area contributed by atoms with Crippen molar-refractivity contribution in [2.24, 2.45) is 0 Å². The summed E-state index contributed by atoms with van der Waals surface area (Å²) >= 11 is 0. The predicted octanol–water partition coefficient (Wildman–Crippen LogP) is 1.53. The first-order chi connectivity index (χ1) is 11.5. The van der Waals surface area contributed by atoms with Crippen LogP contribution in [0.5, 0.6) is 0 Å². The SMILES string of the molecule is Cc1noc(C)c1CN(C)CC(=O)NC1CCC2(CC1)OCCO2. The van der Waals surface area contributed by atoms with Gasteiger partial charge in [0.2, 0.25) is 5.91 Å². The van der Waals surface area contributed by atoms with E-state index >= 15 is 0 Å². The van der Waals surface area contributed by atoms with E-state index in [1.165, 1.54) is 0 Å². The maximum absolute atomic E-state index is 12.3. The molecular weight excluding hydrogens is 310 g/mol. The number of nitrogens with one attached hydrogen (secondary N) is 1. The Morgan fingerprint density at radius 2 is 1.96 bits per heavy atom. The summed E-state index contributed by atoms with van der Waals surface area (Å²) in [5.41, 5.74) is 1.94. The first kappa shape index (κ1) is 17.4. The fourth-order valence-corrected chi connectivity index (χ4v) is 3.56. The van der Waals surface area contributed by atoms with Crippen LogP contribution in [0.3, 0.4) is 0 Å². The largest absolute Gasteiger partial charge is 0.361 e. The maximum atomic E-state index is 12.3. The van der Waals surface area contributed by atoms with Crippen LogP contribution in [-0.4, -0.2) is 54.6 Å². The normalized spacial score (nSPS) is 20.8. The molecule has 0 bridgehead atoms. The molecule has 1 aliphatic heterocycles. The number of aryl methyl sites for hydroxylation is 2. The van der Waals surface area contributed by atoms with Crippen molar-refractivity contribution in [2.75, 3.05) is 26.8 Å². The van der Waals surface area contributed by atoms with Gasteiger partial charge in [-0.25, -0.2) is 0 Å². The molecule has 1 N–H and O–H groups in total. The Hall–Kier alpha value is -1.44. The molecule has 1 saturated carbocycles. The summed E-state index contributed by atoms with van der Waals surface area (Å²) in [7, 11) is 1.93. The minimum atomic E-state index is -0.374. The molecule has 7 nitrogen and oxygen atoms in total. The molecule has 1 amide bonds. The van der Waals surface area contributed by atoms with E-state index < -0.39 is 0 Å². The maximum Gasteiger partial charge on any atom is 0.234 e. The second-order valence-electron chi connectivity index (χ2n) is 6.92. The topological polar surface area (TPSA) is 76.8 Å². The molecule has 3 rings (SSSR count). The summed E-state index contributed by atoms with van der Waals surface area (Å²) in [5, 5.41) is 7.09. The molecule has 134 valence electrons. The number of likely N-dealkylation sites (N-methyl/N-ethyl adjacent to an activating group) is 1. The lowest BCUT2D eigenvalue weighted by molar-refractivity contribution is -0.180. The summed E-state index contributed by atoms with van der Waals surface area (Å²) in [6, 6.07) is 0.211. The van der Waals surface area contributed by atoms with Gasteiger partial charge in [-0.3, -0.25) is 9.69 Å². The van der Waals surface area contributed by atoms with E-state index in [0.29, 0.717) is 26.3 Å². The number of hydrogen-bond donors (Lipinski definition) is 1. The van der Waals surface area contributed by atoms with Gasteiger partial charge in [-0.05, 0) is 33.7 Å². The van der Waals surface area contributed by atoms with Crippen LogP contribution >= 0.6 is 0 Å². The number of aromatic nitrogens is 1. The highest BCUT2D eigenvalue weighted by molar-refractivity contribution is 5.78. The standard InChI is InChI=1S/C17H27N3O4/c1-12-15(13(2)24-19-12)10-20(3)11-16(21)18-14-4-6-17(7-5-14)22-8-9-23-17/h14H,4-11H2,1-3H3,(H,18,21).